The number of nitrogens with one attached hydrogen (secondary N) is 1. The molecule has 1 atom stereocenters. The summed E-state index contributed by atoms with van der Waals surface area (Å²) in [6.45, 7) is 6.81. The van der Waals surface area contributed by atoms with Gasteiger partial charge in [-0.1, -0.05) is 6.92 Å². The molecule has 1 N–H and O–H groups in total. The average molecular weight is 265 g/mol. The van der Waals surface area contributed by atoms with Gasteiger partial charge in [-0.3, -0.25) is 0 Å². The molecule has 0 spiro atoms. The average Bonchev–Trinajstić information content (AvgIpc) is 2.77. The third kappa shape index (κ3) is 2.80. The standard InChI is InChI=1S/C15H20FNO2/c1-5-17-14(15(2,3)18-4)13-9-10-8-11(16)6-7-12(10)19-13/h6-9,14,17H,5H2,1-4H3. The number of hydrogen-bond acceptors (Lipinski definition) is 3. The molecule has 3 nitrogen and oxygen atoms in total. The predicted octanol–water partition coefficient (Wildman–Crippen LogP) is 3.65. The summed E-state index contributed by atoms with van der Waals surface area (Å²) in [7, 11) is 1.67. The van der Waals surface area contributed by atoms with E-state index in [2.05, 4.69) is 5.32 Å². The smallest absolute Gasteiger partial charge is 0.134 e. The Kier molecular flexibility index (Phi) is 3.92. The van der Waals surface area contributed by atoms with Gasteiger partial charge in [0.05, 0.1) is 11.6 Å². The molecule has 1 aromatic carbocycles. The second kappa shape index (κ2) is 5.31. The minimum atomic E-state index is -0.414. The Morgan fingerprint density at radius 2 is 2.11 bits per heavy atom. The molecule has 0 aliphatic rings. The minimum Gasteiger partial charge on any atom is -0.459 e. The van der Waals surface area contributed by atoms with E-state index >= 15 is 0 Å². The van der Waals surface area contributed by atoms with Crippen LogP contribution in [0.25, 0.3) is 11.0 Å². The quantitative estimate of drug-likeness (QED) is 0.896. The van der Waals surface area contributed by atoms with E-state index < -0.39 is 5.60 Å². The van der Waals surface area contributed by atoms with E-state index in [9.17, 15) is 4.39 Å². The van der Waals surface area contributed by atoms with Crippen molar-refractivity contribution in [2.24, 2.45) is 0 Å². The van der Waals surface area contributed by atoms with Gasteiger partial charge in [0.1, 0.15) is 17.2 Å². The summed E-state index contributed by atoms with van der Waals surface area (Å²) in [5.41, 5.74) is 0.272. The molecule has 0 radical (unpaired) electrons. The summed E-state index contributed by atoms with van der Waals surface area (Å²) in [6, 6.07) is 6.31. The summed E-state index contributed by atoms with van der Waals surface area (Å²) in [6.07, 6.45) is 0. The number of likely N-dealkylation sites (N-methyl/N-ethyl adjacent to an activating group) is 1. The second-order valence-corrected chi connectivity index (χ2v) is 5.13. The largest absolute Gasteiger partial charge is 0.459 e. The van der Waals surface area contributed by atoms with Crippen LogP contribution >= 0.6 is 0 Å². The second-order valence-electron chi connectivity index (χ2n) is 5.13. The minimum absolute atomic E-state index is 0.0852. The fourth-order valence-corrected chi connectivity index (χ4v) is 2.19. The summed E-state index contributed by atoms with van der Waals surface area (Å²) in [5.74, 6) is 0.500. The van der Waals surface area contributed by atoms with Crippen molar-refractivity contribution in [3.63, 3.8) is 0 Å². The number of methoxy groups -OCH3 is 1. The van der Waals surface area contributed by atoms with Gasteiger partial charge >= 0.3 is 0 Å². The van der Waals surface area contributed by atoms with Crippen LogP contribution in [0.4, 0.5) is 4.39 Å². The van der Waals surface area contributed by atoms with Crippen LogP contribution in [0.2, 0.25) is 0 Å². The number of halogens is 1. The zero-order valence-electron chi connectivity index (χ0n) is 11.8. The van der Waals surface area contributed by atoms with E-state index in [1.165, 1.54) is 12.1 Å². The van der Waals surface area contributed by atoms with Crippen LogP contribution in [0.5, 0.6) is 0 Å². The zero-order chi connectivity index (χ0) is 14.0. The highest BCUT2D eigenvalue weighted by Crippen LogP contribution is 2.32. The lowest BCUT2D eigenvalue weighted by Gasteiger charge is -2.32. The first-order chi connectivity index (χ1) is 8.97. The van der Waals surface area contributed by atoms with Crippen LogP contribution in [-0.2, 0) is 4.74 Å². The number of furan rings is 1. The first-order valence-corrected chi connectivity index (χ1v) is 6.45. The van der Waals surface area contributed by atoms with E-state index in [1.807, 2.05) is 26.8 Å². The maximum atomic E-state index is 13.2. The molecular weight excluding hydrogens is 245 g/mol. The number of ether oxygens (including phenoxy) is 1. The molecule has 0 saturated heterocycles. The van der Waals surface area contributed by atoms with Gasteiger partial charge in [-0.2, -0.15) is 0 Å². The topological polar surface area (TPSA) is 34.4 Å². The summed E-state index contributed by atoms with van der Waals surface area (Å²) in [4.78, 5) is 0. The normalized spacial score (nSPS) is 13.9. The van der Waals surface area contributed by atoms with Crippen molar-refractivity contribution >= 4 is 11.0 Å². The van der Waals surface area contributed by atoms with Gasteiger partial charge in [-0.05, 0) is 44.7 Å². The van der Waals surface area contributed by atoms with Crippen molar-refractivity contribution in [1.29, 1.82) is 0 Å². The summed E-state index contributed by atoms with van der Waals surface area (Å²) >= 11 is 0. The van der Waals surface area contributed by atoms with Crippen LogP contribution in [0.3, 0.4) is 0 Å². The lowest BCUT2D eigenvalue weighted by atomic mass is 9.96. The molecule has 0 saturated carbocycles. The van der Waals surface area contributed by atoms with E-state index in [0.717, 1.165) is 17.7 Å². The molecule has 2 rings (SSSR count). The Morgan fingerprint density at radius 1 is 1.37 bits per heavy atom. The maximum absolute atomic E-state index is 13.2. The third-order valence-corrected chi connectivity index (χ3v) is 3.41. The molecule has 1 aromatic heterocycles. The van der Waals surface area contributed by atoms with Crippen LogP contribution in [-0.4, -0.2) is 19.3 Å². The number of fused-ring (bicyclic) bond motifs is 1. The fraction of sp³-hybridized carbons (Fsp3) is 0.467. The number of hydrogen-bond donors (Lipinski definition) is 1. The van der Waals surface area contributed by atoms with Gasteiger partial charge in [0.25, 0.3) is 0 Å². The van der Waals surface area contributed by atoms with Crippen LogP contribution in [0, 0.1) is 5.82 Å². The molecule has 0 bridgehead atoms. The summed E-state index contributed by atoms with van der Waals surface area (Å²) in [5, 5.41) is 4.12. The third-order valence-electron chi connectivity index (χ3n) is 3.41. The molecule has 0 amide bonds. The van der Waals surface area contributed by atoms with Crippen molar-refractivity contribution < 1.29 is 13.5 Å². The maximum Gasteiger partial charge on any atom is 0.134 e. The van der Waals surface area contributed by atoms with Gasteiger partial charge in [-0.25, -0.2) is 4.39 Å². The van der Waals surface area contributed by atoms with Crippen molar-refractivity contribution in [3.05, 3.63) is 35.8 Å². The molecule has 19 heavy (non-hydrogen) atoms. The molecule has 1 heterocycles. The molecule has 2 aromatic rings. The van der Waals surface area contributed by atoms with Crippen molar-refractivity contribution in [3.8, 4) is 0 Å². The highest BCUT2D eigenvalue weighted by Gasteiger charge is 2.32. The van der Waals surface area contributed by atoms with E-state index in [0.29, 0.717) is 5.58 Å². The van der Waals surface area contributed by atoms with Gasteiger partial charge in [0, 0.05) is 12.5 Å². The van der Waals surface area contributed by atoms with Crippen molar-refractivity contribution in [1.82, 2.24) is 5.32 Å². The lowest BCUT2D eigenvalue weighted by Crippen LogP contribution is -2.40. The first kappa shape index (κ1) is 14.0. The number of rotatable bonds is 5. The molecule has 0 fully saturated rings. The van der Waals surface area contributed by atoms with Crippen molar-refractivity contribution in [2.75, 3.05) is 13.7 Å². The number of benzene rings is 1. The zero-order valence-corrected chi connectivity index (χ0v) is 11.8. The van der Waals surface area contributed by atoms with E-state index in [-0.39, 0.29) is 11.9 Å². The summed E-state index contributed by atoms with van der Waals surface area (Å²) < 4.78 is 24.6. The highest BCUT2D eigenvalue weighted by atomic mass is 19.1. The molecule has 4 heteroatoms. The SMILES string of the molecule is CCNC(c1cc2cc(F)ccc2o1)C(C)(C)OC. The molecule has 0 aliphatic heterocycles. The Hall–Kier alpha value is -1.39. The predicted molar refractivity (Wildman–Crippen MR) is 73.7 cm³/mol. The Bertz CT molecular complexity index is 562. The van der Waals surface area contributed by atoms with Crippen LogP contribution < -0.4 is 5.32 Å². The Morgan fingerprint density at radius 3 is 2.74 bits per heavy atom. The Labute approximate surface area is 112 Å². The highest BCUT2D eigenvalue weighted by molar-refractivity contribution is 5.78. The van der Waals surface area contributed by atoms with Crippen LogP contribution in [0.15, 0.2) is 28.7 Å². The van der Waals surface area contributed by atoms with Crippen molar-refractivity contribution in [2.45, 2.75) is 32.4 Å². The van der Waals surface area contributed by atoms with Gasteiger partial charge in [-0.15, -0.1) is 0 Å². The monoisotopic (exact) mass is 265 g/mol. The Balaban J connectivity index is 2.44. The lowest BCUT2D eigenvalue weighted by molar-refractivity contribution is -0.0160. The van der Waals surface area contributed by atoms with Gasteiger partial charge < -0.3 is 14.5 Å². The first-order valence-electron chi connectivity index (χ1n) is 6.45. The molecule has 0 aliphatic carbocycles. The van der Waals surface area contributed by atoms with Gasteiger partial charge in [0.2, 0.25) is 0 Å². The van der Waals surface area contributed by atoms with Crippen LogP contribution in [0.1, 0.15) is 32.6 Å². The van der Waals surface area contributed by atoms with E-state index in [4.69, 9.17) is 9.15 Å². The fourth-order valence-electron chi connectivity index (χ4n) is 2.19. The van der Waals surface area contributed by atoms with Gasteiger partial charge in [0.15, 0.2) is 0 Å². The van der Waals surface area contributed by atoms with E-state index in [1.54, 1.807) is 13.2 Å². The molecular formula is C15H20FNO2. The molecule has 104 valence electrons. The molecule has 1 unspecified atom stereocenters.